The average Bonchev–Trinajstić information content (AvgIpc) is 2.57. The summed E-state index contributed by atoms with van der Waals surface area (Å²) in [5.74, 6) is -0.0120. The van der Waals surface area contributed by atoms with Gasteiger partial charge in [0.1, 0.15) is 6.04 Å². The molecule has 0 aliphatic heterocycles. The number of primary amides is 1. The minimum absolute atomic E-state index is 0.0679. The van der Waals surface area contributed by atoms with E-state index in [-0.39, 0.29) is 11.9 Å². The Hall–Kier alpha value is -2.13. The van der Waals surface area contributed by atoms with Gasteiger partial charge in [-0.3, -0.25) is 10.1 Å². The van der Waals surface area contributed by atoms with Gasteiger partial charge >= 0.3 is 0 Å². The number of aryl methyl sites for hydroxylation is 1. The lowest BCUT2D eigenvalue weighted by Crippen LogP contribution is -2.37. The standard InChI is InChI=1S/C21H28N2O/c1-4-8-16-11-13-18(14-12-16)19(15(2)3)23-20(21(22)24)17-9-6-5-7-10-17/h5-7,9-15,19-20,23H,4,8H2,1-3H3,(H2,22,24). The Bertz CT molecular complexity index is 635. The van der Waals surface area contributed by atoms with Crippen molar-refractivity contribution in [3.05, 3.63) is 71.3 Å². The van der Waals surface area contributed by atoms with Crippen LogP contribution in [0.15, 0.2) is 54.6 Å². The molecule has 3 heteroatoms. The van der Waals surface area contributed by atoms with Gasteiger partial charge < -0.3 is 5.73 Å². The maximum atomic E-state index is 12.0. The summed E-state index contributed by atoms with van der Waals surface area (Å²) < 4.78 is 0. The number of hydrogen-bond donors (Lipinski definition) is 2. The van der Waals surface area contributed by atoms with Crippen molar-refractivity contribution < 1.29 is 4.79 Å². The summed E-state index contributed by atoms with van der Waals surface area (Å²) in [6.07, 6.45) is 2.23. The number of benzene rings is 2. The van der Waals surface area contributed by atoms with Gasteiger partial charge in [-0.1, -0.05) is 81.8 Å². The zero-order valence-corrected chi connectivity index (χ0v) is 14.8. The van der Waals surface area contributed by atoms with Gasteiger partial charge in [0.15, 0.2) is 0 Å². The second kappa shape index (κ2) is 8.65. The van der Waals surface area contributed by atoms with E-state index in [1.165, 1.54) is 11.1 Å². The number of nitrogens with two attached hydrogens (primary N) is 1. The van der Waals surface area contributed by atoms with Gasteiger partial charge in [-0.15, -0.1) is 0 Å². The molecule has 3 N–H and O–H groups in total. The van der Waals surface area contributed by atoms with Crippen LogP contribution < -0.4 is 11.1 Å². The molecule has 0 fully saturated rings. The quantitative estimate of drug-likeness (QED) is 0.766. The zero-order valence-electron chi connectivity index (χ0n) is 14.8. The number of nitrogens with one attached hydrogen (secondary N) is 1. The molecule has 0 radical (unpaired) electrons. The first kappa shape index (κ1) is 18.2. The van der Waals surface area contributed by atoms with Crippen molar-refractivity contribution in [2.45, 2.75) is 45.7 Å². The Balaban J connectivity index is 2.24. The fraction of sp³-hybridized carbons (Fsp3) is 0.381. The summed E-state index contributed by atoms with van der Waals surface area (Å²) >= 11 is 0. The molecule has 24 heavy (non-hydrogen) atoms. The van der Waals surface area contributed by atoms with Crippen LogP contribution in [-0.4, -0.2) is 5.91 Å². The molecule has 0 aliphatic carbocycles. The maximum Gasteiger partial charge on any atom is 0.239 e. The SMILES string of the molecule is CCCc1ccc(C(NC(C(N)=O)c2ccccc2)C(C)C)cc1. The summed E-state index contributed by atoms with van der Waals surface area (Å²) in [7, 11) is 0. The summed E-state index contributed by atoms with van der Waals surface area (Å²) in [5, 5.41) is 3.46. The van der Waals surface area contributed by atoms with Gasteiger partial charge in [0.2, 0.25) is 5.91 Å². The van der Waals surface area contributed by atoms with Crippen molar-refractivity contribution in [2.24, 2.45) is 11.7 Å². The van der Waals surface area contributed by atoms with Crippen LogP contribution >= 0.6 is 0 Å². The van der Waals surface area contributed by atoms with Crippen LogP contribution in [0.1, 0.15) is 56.0 Å². The lowest BCUT2D eigenvalue weighted by atomic mass is 9.92. The van der Waals surface area contributed by atoms with E-state index in [1.807, 2.05) is 30.3 Å². The molecule has 128 valence electrons. The predicted octanol–water partition coefficient (Wildman–Crippen LogP) is 4.15. The summed E-state index contributed by atoms with van der Waals surface area (Å²) in [6.45, 7) is 6.49. The van der Waals surface area contributed by atoms with Crippen LogP contribution in [0.4, 0.5) is 0 Å². The van der Waals surface area contributed by atoms with Crippen LogP contribution in [0.3, 0.4) is 0 Å². The van der Waals surface area contributed by atoms with E-state index in [1.54, 1.807) is 0 Å². The smallest absolute Gasteiger partial charge is 0.239 e. The minimum Gasteiger partial charge on any atom is -0.368 e. The van der Waals surface area contributed by atoms with Crippen molar-refractivity contribution in [2.75, 3.05) is 0 Å². The number of amides is 1. The van der Waals surface area contributed by atoms with E-state index < -0.39 is 6.04 Å². The third kappa shape index (κ3) is 4.68. The largest absolute Gasteiger partial charge is 0.368 e. The van der Waals surface area contributed by atoms with Crippen LogP contribution in [0.25, 0.3) is 0 Å². The molecule has 0 spiro atoms. The lowest BCUT2D eigenvalue weighted by Gasteiger charge is -2.28. The fourth-order valence-electron chi connectivity index (χ4n) is 3.02. The van der Waals surface area contributed by atoms with Crippen LogP contribution in [0.5, 0.6) is 0 Å². The molecule has 3 nitrogen and oxygen atoms in total. The topological polar surface area (TPSA) is 55.1 Å². The average molecular weight is 324 g/mol. The molecule has 0 saturated heterocycles. The van der Waals surface area contributed by atoms with E-state index in [9.17, 15) is 4.79 Å². The Labute approximate surface area is 145 Å². The van der Waals surface area contributed by atoms with Crippen LogP contribution in [0, 0.1) is 5.92 Å². The molecule has 2 rings (SSSR count). The highest BCUT2D eigenvalue weighted by Crippen LogP contribution is 2.26. The monoisotopic (exact) mass is 324 g/mol. The molecule has 0 heterocycles. The van der Waals surface area contributed by atoms with E-state index in [2.05, 4.69) is 50.4 Å². The predicted molar refractivity (Wildman–Crippen MR) is 99.5 cm³/mol. The van der Waals surface area contributed by atoms with Crippen molar-refractivity contribution >= 4 is 5.91 Å². The third-order valence-electron chi connectivity index (χ3n) is 4.31. The Morgan fingerprint density at radius 1 is 1.00 bits per heavy atom. The second-order valence-corrected chi connectivity index (χ2v) is 6.63. The molecule has 0 saturated carbocycles. The number of carbonyl (C=O) groups excluding carboxylic acids is 1. The van der Waals surface area contributed by atoms with Gasteiger partial charge in [-0.2, -0.15) is 0 Å². The number of hydrogen-bond acceptors (Lipinski definition) is 2. The molecule has 2 unspecified atom stereocenters. The summed E-state index contributed by atoms with van der Waals surface area (Å²) in [6, 6.07) is 17.9. The molecular weight excluding hydrogens is 296 g/mol. The van der Waals surface area contributed by atoms with Gasteiger partial charge in [-0.25, -0.2) is 0 Å². The second-order valence-electron chi connectivity index (χ2n) is 6.63. The highest BCUT2D eigenvalue weighted by Gasteiger charge is 2.24. The molecule has 2 aromatic rings. The van der Waals surface area contributed by atoms with Crippen molar-refractivity contribution in [1.82, 2.24) is 5.32 Å². The number of carbonyl (C=O) groups is 1. The first-order chi connectivity index (χ1) is 11.5. The molecule has 0 aliphatic rings. The van der Waals surface area contributed by atoms with E-state index in [0.29, 0.717) is 5.92 Å². The maximum absolute atomic E-state index is 12.0. The van der Waals surface area contributed by atoms with Crippen LogP contribution in [-0.2, 0) is 11.2 Å². The summed E-state index contributed by atoms with van der Waals surface area (Å²) in [4.78, 5) is 12.0. The first-order valence-corrected chi connectivity index (χ1v) is 8.72. The molecule has 2 atom stereocenters. The Kier molecular flexibility index (Phi) is 6.56. The van der Waals surface area contributed by atoms with Crippen molar-refractivity contribution in [3.63, 3.8) is 0 Å². The van der Waals surface area contributed by atoms with Gasteiger partial charge in [-0.05, 0) is 29.0 Å². The molecule has 0 bridgehead atoms. The zero-order chi connectivity index (χ0) is 17.5. The fourth-order valence-corrected chi connectivity index (χ4v) is 3.02. The minimum atomic E-state index is -0.492. The molecule has 2 aromatic carbocycles. The normalized spacial score (nSPS) is 13.7. The molecular formula is C21H28N2O. The van der Waals surface area contributed by atoms with Gasteiger partial charge in [0.25, 0.3) is 0 Å². The number of rotatable bonds is 8. The lowest BCUT2D eigenvalue weighted by molar-refractivity contribution is -0.120. The van der Waals surface area contributed by atoms with Crippen molar-refractivity contribution in [1.29, 1.82) is 0 Å². The third-order valence-corrected chi connectivity index (χ3v) is 4.31. The summed E-state index contributed by atoms with van der Waals surface area (Å²) in [5.41, 5.74) is 9.09. The van der Waals surface area contributed by atoms with Crippen LogP contribution in [0.2, 0.25) is 0 Å². The van der Waals surface area contributed by atoms with E-state index in [0.717, 1.165) is 18.4 Å². The van der Waals surface area contributed by atoms with Crippen molar-refractivity contribution in [3.8, 4) is 0 Å². The first-order valence-electron chi connectivity index (χ1n) is 8.72. The van der Waals surface area contributed by atoms with Gasteiger partial charge in [0.05, 0.1) is 0 Å². The molecule has 0 aromatic heterocycles. The molecule has 1 amide bonds. The highest BCUT2D eigenvalue weighted by molar-refractivity contribution is 5.81. The van der Waals surface area contributed by atoms with E-state index >= 15 is 0 Å². The van der Waals surface area contributed by atoms with Gasteiger partial charge in [0, 0.05) is 6.04 Å². The Morgan fingerprint density at radius 2 is 1.62 bits per heavy atom. The highest BCUT2D eigenvalue weighted by atomic mass is 16.1. The Morgan fingerprint density at radius 3 is 2.12 bits per heavy atom. The van der Waals surface area contributed by atoms with E-state index in [4.69, 9.17) is 5.73 Å².